The Morgan fingerprint density at radius 1 is 1.19 bits per heavy atom. The first-order valence-electron chi connectivity index (χ1n) is 9.37. The standard InChI is InChI=1S/C22H17ClN4O3S/c1-13-10-15(23)11-19-20(13)25-22(31-19)26(12-16-6-3-4-9-24-16)21(28)17-7-5-8-18(14(17)2)27(29)30/h3-11H,12H2,1-2H3. The first-order chi connectivity index (χ1) is 14.8. The van der Waals surface area contributed by atoms with Gasteiger partial charge in [0.2, 0.25) is 0 Å². The molecule has 0 spiro atoms. The first-order valence-corrected chi connectivity index (χ1v) is 10.6. The molecule has 1 amide bonds. The molecule has 0 bridgehead atoms. The predicted octanol–water partition coefficient (Wildman–Crippen LogP) is 5.72. The maximum atomic E-state index is 13.6. The lowest BCUT2D eigenvalue weighted by Crippen LogP contribution is -2.31. The normalized spacial score (nSPS) is 10.9. The lowest BCUT2D eigenvalue weighted by molar-refractivity contribution is -0.385. The molecule has 4 aromatic rings. The van der Waals surface area contributed by atoms with E-state index in [1.165, 1.54) is 28.4 Å². The molecule has 2 heterocycles. The van der Waals surface area contributed by atoms with Gasteiger partial charge in [0, 0.05) is 28.4 Å². The first kappa shape index (κ1) is 20.9. The van der Waals surface area contributed by atoms with Crippen LogP contribution in [-0.2, 0) is 6.54 Å². The maximum Gasteiger partial charge on any atom is 0.273 e. The fourth-order valence-electron chi connectivity index (χ4n) is 3.34. The van der Waals surface area contributed by atoms with Crippen LogP contribution in [0.3, 0.4) is 0 Å². The van der Waals surface area contributed by atoms with E-state index in [1.807, 2.05) is 31.2 Å². The van der Waals surface area contributed by atoms with Crippen LogP contribution in [0.2, 0.25) is 5.02 Å². The van der Waals surface area contributed by atoms with Crippen molar-refractivity contribution in [2.45, 2.75) is 20.4 Å². The lowest BCUT2D eigenvalue weighted by atomic mass is 10.1. The van der Waals surface area contributed by atoms with E-state index in [0.29, 0.717) is 21.4 Å². The van der Waals surface area contributed by atoms with Crippen LogP contribution in [0, 0.1) is 24.0 Å². The van der Waals surface area contributed by atoms with Crippen molar-refractivity contribution in [1.29, 1.82) is 0 Å². The van der Waals surface area contributed by atoms with Gasteiger partial charge in [-0.15, -0.1) is 0 Å². The number of carbonyl (C=O) groups excluding carboxylic acids is 1. The Morgan fingerprint density at radius 2 is 2.00 bits per heavy atom. The van der Waals surface area contributed by atoms with E-state index >= 15 is 0 Å². The van der Waals surface area contributed by atoms with Gasteiger partial charge in [-0.2, -0.15) is 0 Å². The molecule has 9 heteroatoms. The van der Waals surface area contributed by atoms with Crippen LogP contribution < -0.4 is 4.90 Å². The molecule has 0 N–H and O–H groups in total. The summed E-state index contributed by atoms with van der Waals surface area (Å²) in [5, 5.41) is 12.4. The van der Waals surface area contributed by atoms with E-state index in [4.69, 9.17) is 11.6 Å². The van der Waals surface area contributed by atoms with Crippen molar-refractivity contribution in [1.82, 2.24) is 9.97 Å². The van der Waals surface area contributed by atoms with Gasteiger partial charge >= 0.3 is 0 Å². The van der Waals surface area contributed by atoms with Crippen LogP contribution in [-0.4, -0.2) is 20.8 Å². The molecule has 0 saturated carbocycles. The van der Waals surface area contributed by atoms with E-state index in [1.54, 1.807) is 25.3 Å². The Labute approximate surface area is 187 Å². The summed E-state index contributed by atoms with van der Waals surface area (Å²) in [6.07, 6.45) is 1.65. The molecule has 0 aliphatic heterocycles. The van der Waals surface area contributed by atoms with Crippen molar-refractivity contribution in [2.24, 2.45) is 0 Å². The molecular weight excluding hydrogens is 436 g/mol. The van der Waals surface area contributed by atoms with Crippen LogP contribution in [0.5, 0.6) is 0 Å². The zero-order chi connectivity index (χ0) is 22.1. The molecule has 0 unspecified atom stereocenters. The number of anilines is 1. The summed E-state index contributed by atoms with van der Waals surface area (Å²) in [7, 11) is 0. The molecule has 156 valence electrons. The summed E-state index contributed by atoms with van der Waals surface area (Å²) in [4.78, 5) is 35.0. The third-order valence-electron chi connectivity index (χ3n) is 4.89. The highest BCUT2D eigenvalue weighted by Crippen LogP contribution is 2.35. The number of pyridine rings is 1. The predicted molar refractivity (Wildman–Crippen MR) is 122 cm³/mol. The van der Waals surface area contributed by atoms with E-state index in [9.17, 15) is 14.9 Å². The number of rotatable bonds is 5. The number of thiazole rings is 1. The molecule has 31 heavy (non-hydrogen) atoms. The monoisotopic (exact) mass is 452 g/mol. The second-order valence-corrected chi connectivity index (χ2v) is 8.43. The number of aromatic nitrogens is 2. The highest BCUT2D eigenvalue weighted by atomic mass is 35.5. The number of benzene rings is 2. The topological polar surface area (TPSA) is 89.2 Å². The second-order valence-electron chi connectivity index (χ2n) is 6.99. The van der Waals surface area contributed by atoms with Gasteiger partial charge in [-0.05, 0) is 49.7 Å². The van der Waals surface area contributed by atoms with Gasteiger partial charge in [-0.3, -0.25) is 24.8 Å². The number of fused-ring (bicyclic) bond motifs is 1. The zero-order valence-corrected chi connectivity index (χ0v) is 18.3. The van der Waals surface area contributed by atoms with Crippen molar-refractivity contribution < 1.29 is 9.72 Å². The average Bonchev–Trinajstić information content (AvgIpc) is 3.16. The summed E-state index contributed by atoms with van der Waals surface area (Å²) in [6.45, 7) is 3.66. The number of nitrogens with zero attached hydrogens (tertiary/aromatic N) is 4. The molecule has 0 aliphatic carbocycles. The zero-order valence-electron chi connectivity index (χ0n) is 16.7. The quantitative estimate of drug-likeness (QED) is 0.285. The average molecular weight is 453 g/mol. The highest BCUT2D eigenvalue weighted by Gasteiger charge is 2.26. The van der Waals surface area contributed by atoms with Gasteiger partial charge in [0.15, 0.2) is 5.13 Å². The van der Waals surface area contributed by atoms with Crippen molar-refractivity contribution in [2.75, 3.05) is 4.90 Å². The third kappa shape index (κ3) is 4.12. The Kier molecular flexibility index (Phi) is 5.67. The minimum Gasteiger partial charge on any atom is -0.278 e. The Hall–Kier alpha value is -3.36. The van der Waals surface area contributed by atoms with Gasteiger partial charge < -0.3 is 0 Å². The van der Waals surface area contributed by atoms with E-state index in [-0.39, 0.29) is 23.7 Å². The molecule has 0 fully saturated rings. The summed E-state index contributed by atoms with van der Waals surface area (Å²) >= 11 is 7.53. The minimum absolute atomic E-state index is 0.101. The fraction of sp³-hybridized carbons (Fsp3) is 0.136. The molecule has 2 aromatic heterocycles. The summed E-state index contributed by atoms with van der Waals surface area (Å²) < 4.78 is 0.856. The molecule has 4 rings (SSSR count). The maximum absolute atomic E-state index is 13.6. The highest BCUT2D eigenvalue weighted by molar-refractivity contribution is 7.22. The molecule has 0 atom stereocenters. The number of nitro benzene ring substituents is 1. The fourth-order valence-corrected chi connectivity index (χ4v) is 4.75. The number of nitro groups is 1. The molecule has 0 aliphatic rings. The SMILES string of the molecule is Cc1c(C(=O)N(Cc2ccccn2)c2nc3c(C)cc(Cl)cc3s2)cccc1[N+](=O)[O-]. The van der Waals surface area contributed by atoms with E-state index < -0.39 is 4.92 Å². The number of hydrogen-bond acceptors (Lipinski definition) is 6. The second kappa shape index (κ2) is 8.41. The van der Waals surface area contributed by atoms with Crippen molar-refractivity contribution in [3.8, 4) is 0 Å². The largest absolute Gasteiger partial charge is 0.278 e. The van der Waals surface area contributed by atoms with Gasteiger partial charge in [-0.1, -0.05) is 35.1 Å². The Balaban J connectivity index is 1.84. The van der Waals surface area contributed by atoms with Crippen LogP contribution in [0.25, 0.3) is 10.2 Å². The van der Waals surface area contributed by atoms with Gasteiger partial charge in [0.25, 0.3) is 11.6 Å². The van der Waals surface area contributed by atoms with Crippen molar-refractivity contribution >= 4 is 49.9 Å². The molecular formula is C22H17ClN4O3S. The summed E-state index contributed by atoms with van der Waals surface area (Å²) in [6, 6.07) is 13.6. The number of halogens is 1. The van der Waals surface area contributed by atoms with Gasteiger partial charge in [0.05, 0.1) is 27.4 Å². The summed E-state index contributed by atoms with van der Waals surface area (Å²) in [5.74, 6) is -0.380. The third-order valence-corrected chi connectivity index (χ3v) is 6.14. The van der Waals surface area contributed by atoms with E-state index in [0.717, 1.165) is 15.8 Å². The molecule has 7 nitrogen and oxygen atoms in total. The van der Waals surface area contributed by atoms with Crippen molar-refractivity contribution in [3.05, 3.63) is 92.2 Å². The lowest BCUT2D eigenvalue weighted by Gasteiger charge is -2.20. The van der Waals surface area contributed by atoms with E-state index in [2.05, 4.69) is 9.97 Å². The molecule has 0 radical (unpaired) electrons. The van der Waals surface area contributed by atoms with Crippen molar-refractivity contribution in [3.63, 3.8) is 0 Å². The minimum atomic E-state index is -0.488. The summed E-state index contributed by atoms with van der Waals surface area (Å²) in [5.41, 5.74) is 2.80. The van der Waals surface area contributed by atoms with Crippen LogP contribution in [0.15, 0.2) is 54.7 Å². The smallest absolute Gasteiger partial charge is 0.273 e. The van der Waals surface area contributed by atoms with Gasteiger partial charge in [0.1, 0.15) is 0 Å². The number of aryl methyl sites for hydroxylation is 1. The number of amides is 1. The number of carbonyl (C=O) groups is 1. The van der Waals surface area contributed by atoms with Gasteiger partial charge in [-0.25, -0.2) is 4.98 Å². The number of hydrogen-bond donors (Lipinski definition) is 0. The van der Waals surface area contributed by atoms with Crippen LogP contribution >= 0.6 is 22.9 Å². The Morgan fingerprint density at radius 3 is 2.71 bits per heavy atom. The molecule has 0 saturated heterocycles. The Bertz CT molecular complexity index is 1310. The van der Waals surface area contributed by atoms with Crippen LogP contribution in [0.4, 0.5) is 10.8 Å². The van der Waals surface area contributed by atoms with Crippen LogP contribution in [0.1, 0.15) is 27.2 Å². The molecule has 2 aromatic carbocycles.